The molecule has 0 unspecified atom stereocenters. The summed E-state index contributed by atoms with van der Waals surface area (Å²) in [4.78, 5) is 4.20. The maximum absolute atomic E-state index is 6.03. The van der Waals surface area contributed by atoms with Crippen LogP contribution >= 0.6 is 23.2 Å². The summed E-state index contributed by atoms with van der Waals surface area (Å²) in [7, 11) is 1.89. The van der Waals surface area contributed by atoms with Crippen LogP contribution in [0, 0.1) is 0 Å². The average Bonchev–Trinajstić information content (AvgIpc) is 2.38. The summed E-state index contributed by atoms with van der Waals surface area (Å²) >= 11 is 11.9. The molecule has 0 aliphatic carbocycles. The Morgan fingerprint density at radius 3 is 2.72 bits per heavy atom. The van der Waals surface area contributed by atoms with Gasteiger partial charge in [-0.3, -0.25) is 0 Å². The Labute approximate surface area is 116 Å². The molecule has 2 rings (SSSR count). The predicted octanol–water partition coefficient (Wildman–Crippen LogP) is 3.90. The van der Waals surface area contributed by atoms with Crippen molar-refractivity contribution in [1.29, 1.82) is 0 Å². The molecule has 0 aliphatic rings. The lowest BCUT2D eigenvalue weighted by atomic mass is 10.3. The fraction of sp³-hybridized carbons (Fsp3) is 0.154. The highest BCUT2D eigenvalue weighted by atomic mass is 35.5. The first-order chi connectivity index (χ1) is 8.70. The number of ether oxygens (including phenoxy) is 1. The molecule has 0 saturated carbocycles. The molecule has 18 heavy (non-hydrogen) atoms. The van der Waals surface area contributed by atoms with Crippen LogP contribution in [-0.4, -0.2) is 12.0 Å². The molecule has 94 valence electrons. The molecule has 0 bridgehead atoms. The molecule has 0 atom stereocenters. The first-order valence-corrected chi connectivity index (χ1v) is 6.17. The summed E-state index contributed by atoms with van der Waals surface area (Å²) in [5.74, 6) is 0.983. The van der Waals surface area contributed by atoms with Gasteiger partial charge in [0.2, 0.25) is 5.88 Å². The normalized spacial score (nSPS) is 10.4. The molecular weight excluding hydrogens is 271 g/mol. The van der Waals surface area contributed by atoms with Crippen LogP contribution in [0.25, 0.3) is 0 Å². The van der Waals surface area contributed by atoms with E-state index in [0.29, 0.717) is 21.7 Å². The fourth-order valence-corrected chi connectivity index (χ4v) is 1.79. The van der Waals surface area contributed by atoms with Gasteiger partial charge in [-0.25, -0.2) is 4.98 Å². The zero-order valence-corrected chi connectivity index (χ0v) is 11.3. The summed E-state index contributed by atoms with van der Waals surface area (Å²) < 4.78 is 5.58. The van der Waals surface area contributed by atoms with E-state index in [0.717, 1.165) is 12.1 Å². The minimum Gasteiger partial charge on any atom is -0.437 e. The number of hydrogen-bond acceptors (Lipinski definition) is 3. The van der Waals surface area contributed by atoms with Crippen LogP contribution in [0.2, 0.25) is 10.0 Å². The van der Waals surface area contributed by atoms with E-state index in [1.54, 1.807) is 30.5 Å². The standard InChI is InChI=1S/C13H12Cl2N2O/c1-16-7-9-5-6-12(17-8-9)18-11-4-2-3-10(14)13(11)15/h2-6,8,16H,7H2,1H3. The Hall–Kier alpha value is -1.29. The number of pyridine rings is 1. The molecule has 0 aliphatic heterocycles. The van der Waals surface area contributed by atoms with E-state index in [1.165, 1.54) is 0 Å². The number of rotatable bonds is 4. The second kappa shape index (κ2) is 6.05. The summed E-state index contributed by atoms with van der Waals surface area (Å²) in [6.07, 6.45) is 1.75. The topological polar surface area (TPSA) is 34.1 Å². The predicted molar refractivity (Wildman–Crippen MR) is 73.5 cm³/mol. The summed E-state index contributed by atoms with van der Waals surface area (Å²) in [6.45, 7) is 0.769. The molecular formula is C13H12Cl2N2O. The molecule has 0 spiro atoms. The maximum atomic E-state index is 6.03. The van der Waals surface area contributed by atoms with Gasteiger partial charge in [-0.2, -0.15) is 0 Å². The molecule has 0 fully saturated rings. The largest absolute Gasteiger partial charge is 0.437 e. The third-order valence-corrected chi connectivity index (χ3v) is 3.11. The molecule has 5 heteroatoms. The van der Waals surface area contributed by atoms with Crippen LogP contribution in [-0.2, 0) is 6.54 Å². The van der Waals surface area contributed by atoms with E-state index in [9.17, 15) is 0 Å². The third-order valence-electron chi connectivity index (χ3n) is 2.31. The van der Waals surface area contributed by atoms with Crippen LogP contribution in [0.15, 0.2) is 36.5 Å². The molecule has 2 aromatic rings. The van der Waals surface area contributed by atoms with Crippen molar-refractivity contribution < 1.29 is 4.74 Å². The van der Waals surface area contributed by atoms with Gasteiger partial charge in [0.25, 0.3) is 0 Å². The van der Waals surface area contributed by atoms with Crippen molar-refractivity contribution in [1.82, 2.24) is 10.3 Å². The number of benzene rings is 1. The minimum atomic E-state index is 0.389. The van der Waals surface area contributed by atoms with Crippen molar-refractivity contribution >= 4 is 23.2 Å². The monoisotopic (exact) mass is 282 g/mol. The third kappa shape index (κ3) is 3.13. The second-order valence-electron chi connectivity index (χ2n) is 3.69. The lowest BCUT2D eigenvalue weighted by molar-refractivity contribution is 0.462. The van der Waals surface area contributed by atoms with Crippen LogP contribution in [0.4, 0.5) is 0 Å². The Balaban J connectivity index is 2.16. The number of halogens is 2. The summed E-state index contributed by atoms with van der Waals surface area (Å²) in [5.41, 5.74) is 1.09. The Kier molecular flexibility index (Phi) is 4.42. The van der Waals surface area contributed by atoms with Crippen LogP contribution in [0.1, 0.15) is 5.56 Å². The SMILES string of the molecule is CNCc1ccc(Oc2cccc(Cl)c2Cl)nc1. The molecule has 0 radical (unpaired) electrons. The molecule has 1 N–H and O–H groups in total. The zero-order chi connectivity index (χ0) is 13.0. The maximum Gasteiger partial charge on any atom is 0.219 e. The van der Waals surface area contributed by atoms with Crippen molar-refractivity contribution in [2.45, 2.75) is 6.54 Å². The molecule has 1 aromatic heterocycles. The van der Waals surface area contributed by atoms with Gasteiger partial charge in [-0.1, -0.05) is 35.3 Å². The Morgan fingerprint density at radius 2 is 2.06 bits per heavy atom. The van der Waals surface area contributed by atoms with E-state index in [4.69, 9.17) is 27.9 Å². The fourth-order valence-electron chi connectivity index (χ4n) is 1.46. The molecule has 1 heterocycles. The number of nitrogens with zero attached hydrogens (tertiary/aromatic N) is 1. The lowest BCUT2D eigenvalue weighted by Gasteiger charge is -2.08. The van der Waals surface area contributed by atoms with Crippen molar-refractivity contribution in [2.24, 2.45) is 0 Å². The van der Waals surface area contributed by atoms with Gasteiger partial charge in [-0.05, 0) is 24.7 Å². The highest BCUT2D eigenvalue weighted by molar-refractivity contribution is 6.42. The van der Waals surface area contributed by atoms with Crippen LogP contribution < -0.4 is 10.1 Å². The molecule has 3 nitrogen and oxygen atoms in total. The summed E-state index contributed by atoms with van der Waals surface area (Å²) in [6, 6.07) is 8.97. The summed E-state index contributed by atoms with van der Waals surface area (Å²) in [5, 5.41) is 3.90. The molecule has 0 saturated heterocycles. The van der Waals surface area contributed by atoms with Crippen molar-refractivity contribution in [2.75, 3.05) is 7.05 Å². The van der Waals surface area contributed by atoms with Gasteiger partial charge in [-0.15, -0.1) is 0 Å². The van der Waals surface area contributed by atoms with Crippen molar-refractivity contribution in [3.63, 3.8) is 0 Å². The van der Waals surface area contributed by atoms with Crippen molar-refractivity contribution in [3.05, 3.63) is 52.1 Å². The lowest BCUT2D eigenvalue weighted by Crippen LogP contribution is -2.05. The smallest absolute Gasteiger partial charge is 0.219 e. The van der Waals surface area contributed by atoms with Crippen LogP contribution in [0.5, 0.6) is 11.6 Å². The van der Waals surface area contributed by atoms with Gasteiger partial charge in [0.05, 0.1) is 5.02 Å². The number of hydrogen-bond donors (Lipinski definition) is 1. The van der Waals surface area contributed by atoms with Gasteiger partial charge >= 0.3 is 0 Å². The highest BCUT2D eigenvalue weighted by Gasteiger charge is 2.07. The first-order valence-electron chi connectivity index (χ1n) is 5.42. The highest BCUT2D eigenvalue weighted by Crippen LogP contribution is 2.33. The van der Waals surface area contributed by atoms with E-state index < -0.39 is 0 Å². The molecule has 0 amide bonds. The van der Waals surface area contributed by atoms with Gasteiger partial charge < -0.3 is 10.1 Å². The average molecular weight is 283 g/mol. The van der Waals surface area contributed by atoms with Gasteiger partial charge in [0.15, 0.2) is 0 Å². The Bertz CT molecular complexity index is 529. The first kappa shape index (κ1) is 13.1. The Morgan fingerprint density at radius 1 is 1.22 bits per heavy atom. The number of nitrogens with one attached hydrogen (secondary N) is 1. The second-order valence-corrected chi connectivity index (χ2v) is 4.47. The molecule has 1 aromatic carbocycles. The van der Waals surface area contributed by atoms with Gasteiger partial charge in [0.1, 0.15) is 10.8 Å². The quantitative estimate of drug-likeness (QED) is 0.924. The van der Waals surface area contributed by atoms with Crippen LogP contribution in [0.3, 0.4) is 0 Å². The van der Waals surface area contributed by atoms with E-state index >= 15 is 0 Å². The van der Waals surface area contributed by atoms with E-state index in [2.05, 4.69) is 10.3 Å². The van der Waals surface area contributed by atoms with E-state index in [-0.39, 0.29) is 0 Å². The van der Waals surface area contributed by atoms with E-state index in [1.807, 2.05) is 13.1 Å². The minimum absolute atomic E-state index is 0.389. The number of aromatic nitrogens is 1. The zero-order valence-electron chi connectivity index (χ0n) is 9.78. The van der Waals surface area contributed by atoms with Gasteiger partial charge in [0, 0.05) is 18.8 Å². The van der Waals surface area contributed by atoms with Crippen molar-refractivity contribution in [3.8, 4) is 11.6 Å².